The molecular formula is C15H16FN7O. The predicted molar refractivity (Wildman–Crippen MR) is 87.7 cm³/mol. The Balaban J connectivity index is 1.88. The van der Waals surface area contributed by atoms with Crippen molar-refractivity contribution in [3.05, 3.63) is 42.0 Å². The molecule has 0 unspecified atom stereocenters. The first-order valence-electron chi connectivity index (χ1n) is 7.22. The molecule has 0 aliphatic heterocycles. The van der Waals surface area contributed by atoms with E-state index in [0.29, 0.717) is 23.5 Å². The van der Waals surface area contributed by atoms with E-state index in [1.54, 1.807) is 30.1 Å². The van der Waals surface area contributed by atoms with Crippen molar-refractivity contribution in [3.8, 4) is 0 Å². The van der Waals surface area contributed by atoms with Gasteiger partial charge in [0.25, 0.3) is 0 Å². The number of hydrogen-bond acceptors (Lipinski definition) is 6. The normalized spacial score (nSPS) is 10.8. The lowest BCUT2D eigenvalue weighted by molar-refractivity contribution is -0.116. The van der Waals surface area contributed by atoms with E-state index in [1.165, 1.54) is 12.1 Å². The number of nitrogens with one attached hydrogen (secondary N) is 2. The molecule has 3 aromatic rings. The third-order valence-electron chi connectivity index (χ3n) is 3.33. The van der Waals surface area contributed by atoms with Gasteiger partial charge in [0.15, 0.2) is 17.0 Å². The molecule has 2 aromatic heterocycles. The molecule has 2 heterocycles. The molecule has 0 radical (unpaired) electrons. The van der Waals surface area contributed by atoms with Gasteiger partial charge in [0.1, 0.15) is 5.82 Å². The predicted octanol–water partition coefficient (Wildman–Crippen LogP) is 1.01. The van der Waals surface area contributed by atoms with E-state index in [1.807, 2.05) is 0 Å². The van der Waals surface area contributed by atoms with Crippen LogP contribution in [0.4, 0.5) is 16.2 Å². The molecule has 24 heavy (non-hydrogen) atoms. The second-order valence-electron chi connectivity index (χ2n) is 5.23. The molecule has 8 nitrogen and oxygen atoms in total. The molecular weight excluding hydrogens is 313 g/mol. The van der Waals surface area contributed by atoms with E-state index in [0.717, 1.165) is 5.56 Å². The van der Waals surface area contributed by atoms with Crippen LogP contribution >= 0.6 is 0 Å². The number of rotatable bonds is 6. The molecule has 0 saturated heterocycles. The highest BCUT2D eigenvalue weighted by Gasteiger charge is 2.12. The number of anilines is 2. The number of primary amides is 1. The quantitative estimate of drug-likeness (QED) is 0.622. The highest BCUT2D eigenvalue weighted by atomic mass is 19.1. The maximum Gasteiger partial charge on any atom is 0.236 e. The van der Waals surface area contributed by atoms with E-state index >= 15 is 0 Å². The second-order valence-corrected chi connectivity index (χ2v) is 5.23. The number of amides is 1. The van der Waals surface area contributed by atoms with Crippen LogP contribution in [-0.2, 0) is 18.4 Å². The summed E-state index contributed by atoms with van der Waals surface area (Å²) in [5.74, 6) is -0.0785. The molecule has 0 fully saturated rings. The molecule has 3 rings (SSSR count). The van der Waals surface area contributed by atoms with Gasteiger partial charge in [-0.3, -0.25) is 4.79 Å². The molecule has 124 valence electrons. The Bertz CT molecular complexity index is 893. The Morgan fingerprint density at radius 3 is 2.92 bits per heavy atom. The fourth-order valence-electron chi connectivity index (χ4n) is 2.21. The topological polar surface area (TPSA) is 111 Å². The summed E-state index contributed by atoms with van der Waals surface area (Å²) in [5.41, 5.74) is 7.07. The average Bonchev–Trinajstić information content (AvgIpc) is 2.92. The summed E-state index contributed by atoms with van der Waals surface area (Å²) in [5, 5.41) is 5.89. The minimum Gasteiger partial charge on any atom is -0.368 e. The second kappa shape index (κ2) is 6.49. The number of nitrogens with two attached hydrogens (primary N) is 1. The van der Waals surface area contributed by atoms with Crippen molar-refractivity contribution in [1.29, 1.82) is 0 Å². The molecule has 0 spiro atoms. The van der Waals surface area contributed by atoms with Crippen LogP contribution in [0, 0.1) is 5.82 Å². The Morgan fingerprint density at radius 1 is 1.33 bits per heavy atom. The summed E-state index contributed by atoms with van der Waals surface area (Å²) in [6.45, 7) is 0.294. The van der Waals surface area contributed by atoms with Crippen molar-refractivity contribution in [2.75, 3.05) is 17.2 Å². The highest BCUT2D eigenvalue weighted by Crippen LogP contribution is 2.20. The lowest BCUT2D eigenvalue weighted by Gasteiger charge is -2.09. The number of benzene rings is 1. The zero-order valence-corrected chi connectivity index (χ0v) is 13.0. The molecule has 9 heteroatoms. The van der Waals surface area contributed by atoms with E-state index in [2.05, 4.69) is 25.6 Å². The van der Waals surface area contributed by atoms with Gasteiger partial charge in [0.05, 0.1) is 12.9 Å². The lowest BCUT2D eigenvalue weighted by atomic mass is 10.2. The SMILES string of the molecule is Cn1cnc2c(NCc3cccc(F)c3)nc(NCC(N)=O)nc21. The summed E-state index contributed by atoms with van der Waals surface area (Å²) < 4.78 is 15.0. The zero-order valence-electron chi connectivity index (χ0n) is 13.0. The number of carbonyl (C=O) groups is 1. The fourth-order valence-corrected chi connectivity index (χ4v) is 2.21. The molecule has 0 saturated carbocycles. The molecule has 0 aliphatic carbocycles. The van der Waals surface area contributed by atoms with Crippen LogP contribution in [0.15, 0.2) is 30.6 Å². The molecule has 1 aromatic carbocycles. The number of halogens is 1. The van der Waals surface area contributed by atoms with Gasteiger partial charge in [0.2, 0.25) is 11.9 Å². The van der Waals surface area contributed by atoms with Gasteiger partial charge in [-0.25, -0.2) is 9.37 Å². The molecule has 0 bridgehead atoms. The summed E-state index contributed by atoms with van der Waals surface area (Å²) in [6, 6.07) is 6.27. The average molecular weight is 329 g/mol. The minimum atomic E-state index is -0.516. The monoisotopic (exact) mass is 329 g/mol. The molecule has 4 N–H and O–H groups in total. The van der Waals surface area contributed by atoms with Gasteiger partial charge < -0.3 is 20.9 Å². The summed E-state index contributed by atoms with van der Waals surface area (Å²) in [7, 11) is 1.80. The van der Waals surface area contributed by atoms with Crippen molar-refractivity contribution < 1.29 is 9.18 Å². The van der Waals surface area contributed by atoms with Crippen LogP contribution in [0.1, 0.15) is 5.56 Å². The summed E-state index contributed by atoms with van der Waals surface area (Å²) in [6.07, 6.45) is 1.62. The fraction of sp³-hybridized carbons (Fsp3) is 0.200. The Morgan fingerprint density at radius 2 is 2.17 bits per heavy atom. The number of carbonyl (C=O) groups excluding carboxylic acids is 1. The minimum absolute atomic E-state index is 0.0767. The van der Waals surface area contributed by atoms with Crippen LogP contribution in [0.2, 0.25) is 0 Å². The number of imidazole rings is 1. The zero-order chi connectivity index (χ0) is 17.1. The first-order valence-corrected chi connectivity index (χ1v) is 7.22. The number of aromatic nitrogens is 4. The standard InChI is InChI=1S/C15H16FN7O/c1-23-8-20-12-13(18-6-9-3-2-4-10(16)5-9)21-15(22-14(12)23)19-7-11(17)24/h2-5,8H,6-7H2,1H3,(H2,17,24)(H2,18,19,21,22). The van der Waals surface area contributed by atoms with E-state index in [9.17, 15) is 9.18 Å². The Kier molecular flexibility index (Phi) is 4.23. The molecule has 1 amide bonds. The van der Waals surface area contributed by atoms with Crippen LogP contribution in [-0.4, -0.2) is 32.0 Å². The largest absolute Gasteiger partial charge is 0.368 e. The van der Waals surface area contributed by atoms with Crippen LogP contribution < -0.4 is 16.4 Å². The molecule has 0 aliphatic rings. The van der Waals surface area contributed by atoms with Crippen LogP contribution in [0.3, 0.4) is 0 Å². The maximum atomic E-state index is 13.3. The van der Waals surface area contributed by atoms with Gasteiger partial charge in [-0.1, -0.05) is 12.1 Å². The van der Waals surface area contributed by atoms with Gasteiger partial charge >= 0.3 is 0 Å². The summed E-state index contributed by atoms with van der Waals surface area (Å²) in [4.78, 5) is 23.8. The number of fused-ring (bicyclic) bond motifs is 1. The Hall–Kier alpha value is -3.23. The van der Waals surface area contributed by atoms with Crippen LogP contribution in [0.5, 0.6) is 0 Å². The van der Waals surface area contributed by atoms with Gasteiger partial charge in [-0.05, 0) is 17.7 Å². The third kappa shape index (κ3) is 3.40. The first kappa shape index (κ1) is 15.7. The summed E-state index contributed by atoms with van der Waals surface area (Å²) >= 11 is 0. The van der Waals surface area contributed by atoms with Gasteiger partial charge in [0, 0.05) is 13.6 Å². The van der Waals surface area contributed by atoms with Gasteiger partial charge in [-0.2, -0.15) is 9.97 Å². The Labute approximate surface area is 136 Å². The maximum absolute atomic E-state index is 13.3. The van der Waals surface area contributed by atoms with E-state index < -0.39 is 5.91 Å². The van der Waals surface area contributed by atoms with Crippen molar-refractivity contribution in [2.24, 2.45) is 12.8 Å². The first-order chi connectivity index (χ1) is 11.5. The van der Waals surface area contributed by atoms with Crippen molar-refractivity contribution >= 4 is 28.8 Å². The molecule has 0 atom stereocenters. The van der Waals surface area contributed by atoms with Gasteiger partial charge in [-0.15, -0.1) is 0 Å². The lowest BCUT2D eigenvalue weighted by Crippen LogP contribution is -2.23. The van der Waals surface area contributed by atoms with Crippen LogP contribution in [0.25, 0.3) is 11.2 Å². The smallest absolute Gasteiger partial charge is 0.236 e. The number of hydrogen-bond donors (Lipinski definition) is 3. The van der Waals surface area contributed by atoms with Crippen molar-refractivity contribution in [2.45, 2.75) is 6.54 Å². The van der Waals surface area contributed by atoms with Crippen molar-refractivity contribution in [1.82, 2.24) is 19.5 Å². The third-order valence-corrected chi connectivity index (χ3v) is 3.33. The number of aryl methyl sites for hydroxylation is 1. The van der Waals surface area contributed by atoms with Crippen molar-refractivity contribution in [3.63, 3.8) is 0 Å². The highest BCUT2D eigenvalue weighted by molar-refractivity contribution is 5.85. The van der Waals surface area contributed by atoms with E-state index in [4.69, 9.17) is 5.73 Å². The number of nitrogens with zero attached hydrogens (tertiary/aromatic N) is 4. The van der Waals surface area contributed by atoms with E-state index in [-0.39, 0.29) is 18.3 Å².